The molecule has 2 aliphatic rings. The molecule has 1 N–H and O–H groups in total. The third-order valence-corrected chi connectivity index (χ3v) is 6.42. The second-order valence-electron chi connectivity index (χ2n) is 9.69. The Morgan fingerprint density at radius 1 is 1.18 bits per heavy atom. The Labute approximate surface area is 165 Å². The highest BCUT2D eigenvalue weighted by Crippen LogP contribution is 2.52. The number of amides is 2. The molecule has 1 saturated heterocycles. The first-order valence-corrected chi connectivity index (χ1v) is 10.0. The molecule has 1 aliphatic heterocycles. The molecular weight excluding hydrogens is 348 g/mol. The molecule has 3 aromatic rings. The molecular formula is C23H26N4O. The Hall–Kier alpha value is -2.69. The van der Waals surface area contributed by atoms with E-state index in [1.54, 1.807) is 12.4 Å². The van der Waals surface area contributed by atoms with E-state index in [0.29, 0.717) is 11.5 Å². The highest BCUT2D eigenvalue weighted by atomic mass is 16.2. The summed E-state index contributed by atoms with van der Waals surface area (Å²) >= 11 is 0. The normalized spacial score (nSPS) is 26.0. The number of hydrogen-bond acceptors (Lipinski definition) is 3. The minimum atomic E-state index is 0.00461. The molecule has 1 saturated carbocycles. The first kappa shape index (κ1) is 17.4. The number of fused-ring (bicyclic) bond motifs is 5. The van der Waals surface area contributed by atoms with Gasteiger partial charge < -0.3 is 10.2 Å². The van der Waals surface area contributed by atoms with Crippen molar-refractivity contribution in [3.63, 3.8) is 0 Å². The van der Waals surface area contributed by atoms with Gasteiger partial charge in [-0.3, -0.25) is 9.97 Å². The van der Waals surface area contributed by atoms with E-state index >= 15 is 0 Å². The number of nitrogens with one attached hydrogen (secondary N) is 1. The summed E-state index contributed by atoms with van der Waals surface area (Å²) in [4.78, 5) is 24.1. The summed E-state index contributed by atoms with van der Waals surface area (Å²) in [5.41, 5.74) is 2.20. The van der Waals surface area contributed by atoms with Gasteiger partial charge in [0.25, 0.3) is 0 Å². The molecule has 0 spiro atoms. The van der Waals surface area contributed by atoms with Crippen molar-refractivity contribution in [3.8, 4) is 0 Å². The topological polar surface area (TPSA) is 58.1 Å². The minimum Gasteiger partial charge on any atom is -0.321 e. The summed E-state index contributed by atoms with van der Waals surface area (Å²) in [6.45, 7) is 7.82. The Morgan fingerprint density at radius 3 is 2.89 bits per heavy atom. The van der Waals surface area contributed by atoms with Gasteiger partial charge in [0.1, 0.15) is 0 Å². The molecule has 2 amide bonds. The summed E-state index contributed by atoms with van der Waals surface area (Å²) < 4.78 is 0. The van der Waals surface area contributed by atoms with E-state index in [-0.39, 0.29) is 11.4 Å². The first-order chi connectivity index (χ1) is 13.3. The fourth-order valence-electron chi connectivity index (χ4n) is 5.79. The molecule has 1 aliphatic carbocycles. The van der Waals surface area contributed by atoms with Crippen molar-refractivity contribution in [2.24, 2.45) is 10.8 Å². The zero-order valence-corrected chi connectivity index (χ0v) is 16.7. The largest absolute Gasteiger partial charge is 0.322 e. The fourth-order valence-corrected chi connectivity index (χ4v) is 5.79. The summed E-state index contributed by atoms with van der Waals surface area (Å²) in [6.07, 6.45) is 8.75. The molecule has 144 valence electrons. The van der Waals surface area contributed by atoms with Crippen LogP contribution in [0.15, 0.2) is 42.9 Å². The van der Waals surface area contributed by atoms with Gasteiger partial charge in [0.05, 0.1) is 11.2 Å². The molecule has 3 heterocycles. The van der Waals surface area contributed by atoms with Gasteiger partial charge in [-0.25, -0.2) is 4.79 Å². The van der Waals surface area contributed by atoms with Crippen LogP contribution >= 0.6 is 0 Å². The average molecular weight is 374 g/mol. The van der Waals surface area contributed by atoms with Crippen LogP contribution in [-0.2, 0) is 0 Å². The van der Waals surface area contributed by atoms with Gasteiger partial charge in [0, 0.05) is 41.9 Å². The number of hydrogen-bond donors (Lipinski definition) is 1. The maximum absolute atomic E-state index is 13.3. The molecule has 5 rings (SSSR count). The number of likely N-dealkylation sites (tertiary alicyclic amines) is 1. The lowest BCUT2D eigenvalue weighted by Crippen LogP contribution is -2.40. The zero-order chi connectivity index (χ0) is 19.5. The second-order valence-corrected chi connectivity index (χ2v) is 9.69. The second kappa shape index (κ2) is 5.90. The van der Waals surface area contributed by atoms with Crippen LogP contribution in [0.5, 0.6) is 0 Å². The number of aromatic nitrogens is 2. The number of nitrogens with zero attached hydrogens (tertiary/aromatic N) is 3. The minimum absolute atomic E-state index is 0.00461. The monoisotopic (exact) mass is 374 g/mol. The third-order valence-electron chi connectivity index (χ3n) is 6.42. The lowest BCUT2D eigenvalue weighted by atomic mass is 9.65. The Balaban J connectivity index is 1.51. The van der Waals surface area contributed by atoms with Crippen molar-refractivity contribution in [3.05, 3.63) is 42.9 Å². The van der Waals surface area contributed by atoms with Crippen molar-refractivity contribution in [2.45, 2.75) is 46.1 Å². The fraction of sp³-hybridized carbons (Fsp3) is 0.435. The van der Waals surface area contributed by atoms with Crippen LogP contribution in [0.25, 0.3) is 21.7 Å². The van der Waals surface area contributed by atoms with Crippen molar-refractivity contribution < 1.29 is 4.79 Å². The number of benzene rings is 1. The van der Waals surface area contributed by atoms with Crippen molar-refractivity contribution >= 4 is 33.4 Å². The van der Waals surface area contributed by atoms with Crippen molar-refractivity contribution in [1.82, 2.24) is 14.9 Å². The standard InChI is InChI=1S/C23H26N4O/c1-22(2)10-16-11-23(3,13-22)14-27(16)21(28)26-19-9-15-6-8-24-12-18(15)20-17(19)5-4-7-25-20/h4-9,12,16H,10-11,13-14H2,1-3H3,(H,26,28)/t16-,23+/m0/s1. The van der Waals surface area contributed by atoms with Crippen molar-refractivity contribution in [1.29, 1.82) is 0 Å². The SMILES string of the molecule is CC1(C)C[C@H]2C[C@@](C)(CN2C(=O)Nc2cc3ccncc3c3ncccc23)C1. The van der Waals surface area contributed by atoms with E-state index in [2.05, 4.69) is 41.0 Å². The molecule has 0 radical (unpaired) electrons. The number of anilines is 1. The maximum Gasteiger partial charge on any atom is 0.322 e. The van der Waals surface area contributed by atoms with Crippen LogP contribution in [0, 0.1) is 10.8 Å². The van der Waals surface area contributed by atoms with Crippen LogP contribution in [-0.4, -0.2) is 33.5 Å². The van der Waals surface area contributed by atoms with E-state index < -0.39 is 0 Å². The zero-order valence-electron chi connectivity index (χ0n) is 16.7. The molecule has 0 unspecified atom stereocenters. The lowest BCUT2D eigenvalue weighted by molar-refractivity contribution is 0.130. The van der Waals surface area contributed by atoms with Gasteiger partial charge >= 0.3 is 6.03 Å². The smallest absolute Gasteiger partial charge is 0.321 e. The highest BCUT2D eigenvalue weighted by molar-refractivity contribution is 6.13. The summed E-state index contributed by atoms with van der Waals surface area (Å²) in [7, 11) is 0. The molecule has 5 heteroatoms. The van der Waals surface area contributed by atoms with E-state index in [1.165, 1.54) is 6.42 Å². The van der Waals surface area contributed by atoms with Crippen LogP contribution in [0.2, 0.25) is 0 Å². The Morgan fingerprint density at radius 2 is 2.04 bits per heavy atom. The predicted octanol–water partition coefficient (Wildman–Crippen LogP) is 5.22. The number of carbonyl (C=O) groups is 1. The van der Waals surface area contributed by atoms with Crippen LogP contribution in [0.4, 0.5) is 10.5 Å². The maximum atomic E-state index is 13.3. The van der Waals surface area contributed by atoms with Crippen LogP contribution < -0.4 is 5.32 Å². The van der Waals surface area contributed by atoms with E-state index in [0.717, 1.165) is 46.7 Å². The number of urea groups is 1. The molecule has 28 heavy (non-hydrogen) atoms. The van der Waals surface area contributed by atoms with E-state index in [9.17, 15) is 4.79 Å². The Bertz CT molecular complexity index is 1090. The molecule has 2 aromatic heterocycles. The van der Waals surface area contributed by atoms with Gasteiger partial charge in [-0.2, -0.15) is 0 Å². The van der Waals surface area contributed by atoms with Gasteiger partial charge in [-0.15, -0.1) is 0 Å². The Kier molecular flexibility index (Phi) is 3.67. The molecule has 2 fully saturated rings. The number of pyridine rings is 2. The van der Waals surface area contributed by atoms with Crippen LogP contribution in [0.1, 0.15) is 40.0 Å². The van der Waals surface area contributed by atoms with Gasteiger partial charge in [-0.1, -0.05) is 20.8 Å². The molecule has 2 atom stereocenters. The molecule has 1 aromatic carbocycles. The third kappa shape index (κ3) is 2.81. The quantitative estimate of drug-likeness (QED) is 0.595. The van der Waals surface area contributed by atoms with Gasteiger partial charge in [0.15, 0.2) is 0 Å². The average Bonchev–Trinajstić information content (AvgIpc) is 2.91. The highest BCUT2D eigenvalue weighted by Gasteiger charge is 2.51. The summed E-state index contributed by atoms with van der Waals surface area (Å²) in [5.74, 6) is 0. The van der Waals surface area contributed by atoms with Gasteiger partial charge in [0.2, 0.25) is 0 Å². The van der Waals surface area contributed by atoms with Gasteiger partial charge in [-0.05, 0) is 59.7 Å². The van der Waals surface area contributed by atoms with E-state index in [1.807, 2.05) is 30.5 Å². The number of rotatable bonds is 1. The van der Waals surface area contributed by atoms with Crippen molar-refractivity contribution in [2.75, 3.05) is 11.9 Å². The van der Waals surface area contributed by atoms with Crippen LogP contribution in [0.3, 0.4) is 0 Å². The summed E-state index contributed by atoms with van der Waals surface area (Å²) in [5, 5.41) is 6.19. The molecule has 5 nitrogen and oxygen atoms in total. The van der Waals surface area contributed by atoms with E-state index in [4.69, 9.17) is 0 Å². The lowest BCUT2D eigenvalue weighted by Gasteiger charge is -2.39. The summed E-state index contributed by atoms with van der Waals surface area (Å²) in [6, 6.07) is 8.25. The first-order valence-electron chi connectivity index (χ1n) is 10.0. The molecule has 2 bridgehead atoms. The number of carbonyl (C=O) groups excluding carboxylic acids is 1. The predicted molar refractivity (Wildman–Crippen MR) is 112 cm³/mol.